The third-order valence-corrected chi connectivity index (χ3v) is 2.84. The minimum absolute atomic E-state index is 1.06. The van der Waals surface area contributed by atoms with Gasteiger partial charge in [-0.15, -0.1) is 0 Å². The van der Waals surface area contributed by atoms with Gasteiger partial charge in [0.2, 0.25) is 0 Å². The molecule has 0 atom stereocenters. The lowest BCUT2D eigenvalue weighted by Crippen LogP contribution is -2.42. The highest BCUT2D eigenvalue weighted by Gasteiger charge is 2.07. The first-order valence-electron chi connectivity index (χ1n) is 5.89. The second-order valence-electron chi connectivity index (χ2n) is 4.11. The van der Waals surface area contributed by atoms with E-state index in [1.807, 2.05) is 18.7 Å². The smallest absolute Gasteiger partial charge is 0.0945 e. The Morgan fingerprint density at radius 3 is 2.80 bits per heavy atom. The summed E-state index contributed by atoms with van der Waals surface area (Å²) in [5, 5.41) is 2.36. The zero-order chi connectivity index (χ0) is 10.3. The number of aryl methyl sites for hydroxylation is 1. The number of hydrogen-bond donors (Lipinski definition) is 1. The zero-order valence-corrected chi connectivity index (χ0v) is 9.23. The topological polar surface area (TPSA) is 33.1 Å². The van der Waals surface area contributed by atoms with Crippen molar-refractivity contribution in [3.63, 3.8) is 0 Å². The molecule has 0 amide bonds. The van der Waals surface area contributed by atoms with Gasteiger partial charge in [0.1, 0.15) is 0 Å². The maximum atomic E-state index is 4.02. The van der Waals surface area contributed by atoms with Crippen LogP contribution in [-0.4, -0.2) is 34.2 Å². The van der Waals surface area contributed by atoms with E-state index in [-0.39, 0.29) is 0 Å². The Morgan fingerprint density at radius 1 is 1.20 bits per heavy atom. The first kappa shape index (κ1) is 10.6. The van der Waals surface area contributed by atoms with Crippen LogP contribution in [0.25, 0.3) is 0 Å². The lowest BCUT2D eigenvalue weighted by molar-refractivity contribution is 0.153. The molecule has 4 heteroatoms. The summed E-state index contributed by atoms with van der Waals surface area (Å²) in [6.45, 7) is 4.55. The number of nitrogens with zero attached hydrogens (tertiary/aromatic N) is 3. The Morgan fingerprint density at radius 2 is 2.07 bits per heavy atom. The van der Waals surface area contributed by atoms with Gasteiger partial charge in [-0.05, 0) is 19.3 Å². The van der Waals surface area contributed by atoms with Crippen molar-refractivity contribution < 1.29 is 0 Å². The largest absolute Gasteiger partial charge is 0.337 e. The highest BCUT2D eigenvalue weighted by molar-refractivity contribution is 4.73. The number of aromatic nitrogens is 2. The van der Waals surface area contributed by atoms with Crippen molar-refractivity contribution in [3.8, 4) is 0 Å². The lowest BCUT2D eigenvalue weighted by atomic mass is 10.2. The molecule has 0 aliphatic carbocycles. The average Bonchev–Trinajstić information content (AvgIpc) is 2.79. The van der Waals surface area contributed by atoms with Crippen LogP contribution in [0, 0.1) is 0 Å². The van der Waals surface area contributed by atoms with Gasteiger partial charge in [-0.25, -0.2) is 9.99 Å². The molecule has 0 bridgehead atoms. The second kappa shape index (κ2) is 5.88. The third kappa shape index (κ3) is 3.64. The van der Waals surface area contributed by atoms with Gasteiger partial charge < -0.3 is 4.57 Å². The molecule has 0 aromatic carbocycles. The number of nitrogens with one attached hydrogen (secondary N) is 1. The van der Waals surface area contributed by atoms with Gasteiger partial charge >= 0.3 is 0 Å². The fourth-order valence-electron chi connectivity index (χ4n) is 1.97. The van der Waals surface area contributed by atoms with Gasteiger partial charge in [-0.2, -0.15) is 0 Å². The highest BCUT2D eigenvalue weighted by Crippen LogP contribution is 2.05. The third-order valence-electron chi connectivity index (χ3n) is 2.84. The average molecular weight is 208 g/mol. The predicted octanol–water partition coefficient (Wildman–Crippen LogP) is 1.26. The first-order chi connectivity index (χ1) is 7.45. The number of hydrazine groups is 1. The number of rotatable bonds is 5. The van der Waals surface area contributed by atoms with Gasteiger partial charge in [0.05, 0.1) is 6.33 Å². The summed E-state index contributed by atoms with van der Waals surface area (Å²) >= 11 is 0. The summed E-state index contributed by atoms with van der Waals surface area (Å²) in [7, 11) is 0. The van der Waals surface area contributed by atoms with E-state index in [4.69, 9.17) is 0 Å². The van der Waals surface area contributed by atoms with E-state index >= 15 is 0 Å². The quantitative estimate of drug-likeness (QED) is 0.740. The van der Waals surface area contributed by atoms with Crippen LogP contribution in [0.15, 0.2) is 18.7 Å². The lowest BCUT2D eigenvalue weighted by Gasteiger charge is -2.27. The van der Waals surface area contributed by atoms with Crippen molar-refractivity contribution in [1.82, 2.24) is 20.0 Å². The molecule has 84 valence electrons. The van der Waals surface area contributed by atoms with Crippen LogP contribution in [0.1, 0.15) is 25.7 Å². The Kier molecular flexibility index (Phi) is 4.17. The molecule has 0 unspecified atom stereocenters. The van der Waals surface area contributed by atoms with Crippen molar-refractivity contribution in [2.45, 2.75) is 32.2 Å². The van der Waals surface area contributed by atoms with Gasteiger partial charge in [-0.3, -0.25) is 5.43 Å². The maximum Gasteiger partial charge on any atom is 0.0945 e. The molecule has 15 heavy (non-hydrogen) atoms. The van der Waals surface area contributed by atoms with Crippen molar-refractivity contribution >= 4 is 0 Å². The molecule has 1 N–H and O–H groups in total. The van der Waals surface area contributed by atoms with Gasteiger partial charge in [0.25, 0.3) is 0 Å². The molecule has 1 fully saturated rings. The molecule has 2 rings (SSSR count). The molecule has 1 aromatic heterocycles. The zero-order valence-electron chi connectivity index (χ0n) is 9.23. The molecule has 1 aliphatic heterocycles. The monoisotopic (exact) mass is 208 g/mol. The molecule has 2 heterocycles. The summed E-state index contributed by atoms with van der Waals surface area (Å²) in [6, 6.07) is 0. The van der Waals surface area contributed by atoms with Crippen molar-refractivity contribution in [2.24, 2.45) is 0 Å². The van der Waals surface area contributed by atoms with E-state index < -0.39 is 0 Å². The number of hydrogen-bond acceptors (Lipinski definition) is 3. The van der Waals surface area contributed by atoms with Gasteiger partial charge in [0.15, 0.2) is 0 Å². The van der Waals surface area contributed by atoms with Crippen LogP contribution < -0.4 is 5.43 Å². The van der Waals surface area contributed by atoms with Crippen LogP contribution in [0.3, 0.4) is 0 Å². The minimum Gasteiger partial charge on any atom is -0.337 e. The summed E-state index contributed by atoms with van der Waals surface area (Å²) < 4.78 is 2.12. The van der Waals surface area contributed by atoms with Crippen LogP contribution >= 0.6 is 0 Å². The normalized spacial score (nSPS) is 18.1. The SMILES string of the molecule is c1cn(CCCNN2CCCCC2)cn1. The first-order valence-corrected chi connectivity index (χ1v) is 5.89. The van der Waals surface area contributed by atoms with Crippen molar-refractivity contribution in [2.75, 3.05) is 19.6 Å². The Labute approximate surface area is 91.3 Å². The van der Waals surface area contributed by atoms with E-state index in [0.717, 1.165) is 19.5 Å². The maximum absolute atomic E-state index is 4.02. The number of piperidine rings is 1. The Balaban J connectivity index is 1.54. The molecule has 0 spiro atoms. The minimum atomic E-state index is 1.06. The molecule has 1 saturated heterocycles. The van der Waals surface area contributed by atoms with Gasteiger partial charge in [-0.1, -0.05) is 6.42 Å². The second-order valence-corrected chi connectivity index (χ2v) is 4.11. The summed E-state index contributed by atoms with van der Waals surface area (Å²) in [5.41, 5.74) is 3.48. The predicted molar refractivity (Wildman–Crippen MR) is 60.3 cm³/mol. The molecule has 1 aromatic rings. The summed E-state index contributed by atoms with van der Waals surface area (Å²) in [6.07, 6.45) is 11.0. The van der Waals surface area contributed by atoms with E-state index in [9.17, 15) is 0 Å². The molecule has 0 radical (unpaired) electrons. The van der Waals surface area contributed by atoms with Crippen molar-refractivity contribution in [1.29, 1.82) is 0 Å². The fourth-order valence-corrected chi connectivity index (χ4v) is 1.97. The number of imidazole rings is 1. The van der Waals surface area contributed by atoms with E-state index in [1.54, 1.807) is 0 Å². The van der Waals surface area contributed by atoms with Gasteiger partial charge in [0, 0.05) is 38.6 Å². The molecular formula is C11H20N4. The van der Waals surface area contributed by atoms with Crippen LogP contribution in [-0.2, 0) is 6.54 Å². The van der Waals surface area contributed by atoms with E-state index in [0.29, 0.717) is 0 Å². The van der Waals surface area contributed by atoms with Crippen molar-refractivity contribution in [3.05, 3.63) is 18.7 Å². The fraction of sp³-hybridized carbons (Fsp3) is 0.727. The van der Waals surface area contributed by atoms with Crippen LogP contribution in [0.2, 0.25) is 0 Å². The van der Waals surface area contributed by atoms with E-state index in [2.05, 4.69) is 20.0 Å². The Hall–Kier alpha value is -0.870. The molecular weight excluding hydrogens is 188 g/mol. The standard InChI is InChI=1S/C11H20N4/c1-2-8-15(9-3-1)13-5-4-7-14-10-6-12-11-14/h6,10-11,13H,1-5,7-9H2. The van der Waals surface area contributed by atoms with Crippen LogP contribution in [0.4, 0.5) is 0 Å². The van der Waals surface area contributed by atoms with Crippen LogP contribution in [0.5, 0.6) is 0 Å². The summed E-state index contributed by atoms with van der Waals surface area (Å²) in [5.74, 6) is 0. The van der Waals surface area contributed by atoms with E-state index in [1.165, 1.54) is 32.4 Å². The molecule has 1 aliphatic rings. The molecule has 4 nitrogen and oxygen atoms in total. The highest BCUT2D eigenvalue weighted by atomic mass is 15.5. The molecule has 0 saturated carbocycles. The Bertz CT molecular complexity index is 252. The summed E-state index contributed by atoms with van der Waals surface area (Å²) in [4.78, 5) is 4.02.